The third-order valence-corrected chi connectivity index (χ3v) is 15.7. The number of carbonyl (C=O) groups is 2. The van der Waals surface area contributed by atoms with Gasteiger partial charge in [0.1, 0.15) is 19.8 Å². The Labute approximate surface area is 460 Å². The van der Waals surface area contributed by atoms with E-state index < -0.39 is 26.5 Å². The van der Waals surface area contributed by atoms with Crippen LogP contribution in [0.4, 0.5) is 0 Å². The first-order valence-electron chi connectivity index (χ1n) is 32.4. The predicted octanol–water partition coefficient (Wildman–Crippen LogP) is 19.8. The van der Waals surface area contributed by atoms with Crippen LogP contribution in [0.3, 0.4) is 0 Å². The standard InChI is InChI=1S/C64H126NO8P/c1-6-8-10-12-14-16-18-20-21-22-23-24-25-26-27-28-29-30-31-32-33-34-35-36-37-38-39-40-41-42-43-45-46-48-50-52-54-56-63(66)70-60-62(61-72-74(68,69)71-59-58-65(3,4)5)73-64(67)57-55-53-51-49-47-44-19-17-15-13-11-9-7-2/h17,19,62H,6-16,18,20-61H2,1-5H3/b19-17-. The Balaban J connectivity index is 3.83. The molecule has 0 bridgehead atoms. The summed E-state index contributed by atoms with van der Waals surface area (Å²) in [5.41, 5.74) is 0. The van der Waals surface area contributed by atoms with E-state index in [4.69, 9.17) is 18.5 Å². The number of quaternary nitrogens is 1. The number of hydrogen-bond acceptors (Lipinski definition) is 8. The molecule has 0 aromatic carbocycles. The van der Waals surface area contributed by atoms with Gasteiger partial charge < -0.3 is 27.9 Å². The lowest BCUT2D eigenvalue weighted by atomic mass is 10.0. The number of ether oxygens (including phenoxy) is 2. The maximum atomic E-state index is 12.7. The summed E-state index contributed by atoms with van der Waals surface area (Å²) in [7, 11) is 1.18. The summed E-state index contributed by atoms with van der Waals surface area (Å²) in [6.07, 6.45) is 67.4. The molecule has 2 atom stereocenters. The largest absolute Gasteiger partial charge is 0.756 e. The molecule has 0 aliphatic rings. The number of allylic oxidation sites excluding steroid dienone is 2. The molecule has 0 N–H and O–H groups in total. The number of nitrogens with zero attached hydrogens (tertiary/aromatic N) is 1. The van der Waals surface area contributed by atoms with Crippen LogP contribution < -0.4 is 4.89 Å². The second-order valence-corrected chi connectivity index (χ2v) is 24.9. The van der Waals surface area contributed by atoms with E-state index in [-0.39, 0.29) is 32.0 Å². The monoisotopic (exact) mass is 1070 g/mol. The van der Waals surface area contributed by atoms with Crippen molar-refractivity contribution < 1.29 is 42.1 Å². The average molecular weight is 1070 g/mol. The van der Waals surface area contributed by atoms with Crippen molar-refractivity contribution in [2.75, 3.05) is 47.5 Å². The van der Waals surface area contributed by atoms with Gasteiger partial charge in [0.2, 0.25) is 0 Å². The van der Waals surface area contributed by atoms with Gasteiger partial charge in [-0.05, 0) is 38.5 Å². The number of carbonyl (C=O) groups excluding carboxylic acids is 2. The van der Waals surface area contributed by atoms with E-state index in [1.54, 1.807) is 0 Å². The smallest absolute Gasteiger partial charge is 0.306 e. The number of unbranched alkanes of at least 4 members (excludes halogenated alkanes) is 45. The zero-order chi connectivity index (χ0) is 54.2. The number of rotatable bonds is 61. The molecule has 0 rings (SSSR count). The van der Waals surface area contributed by atoms with Gasteiger partial charge >= 0.3 is 11.9 Å². The van der Waals surface area contributed by atoms with E-state index in [2.05, 4.69) is 26.0 Å². The molecule has 0 spiro atoms. The van der Waals surface area contributed by atoms with E-state index >= 15 is 0 Å². The summed E-state index contributed by atoms with van der Waals surface area (Å²) in [4.78, 5) is 37.8. The van der Waals surface area contributed by atoms with Crippen LogP contribution >= 0.6 is 7.82 Å². The SMILES string of the molecule is CCCCCC/C=C\CCCCCCCC(=O)OC(COC(=O)CCCCCCCCCCCCCCCCCCCCCCCCCCCCCCCCCCCCCCC)COP(=O)([O-])OCC[N+](C)(C)C. The molecule has 0 aliphatic heterocycles. The minimum Gasteiger partial charge on any atom is -0.756 e. The molecule has 9 nitrogen and oxygen atoms in total. The van der Waals surface area contributed by atoms with Crippen molar-refractivity contribution in [3.63, 3.8) is 0 Å². The second-order valence-electron chi connectivity index (χ2n) is 23.5. The Hall–Kier alpha value is -1.25. The van der Waals surface area contributed by atoms with Crippen molar-refractivity contribution in [3.8, 4) is 0 Å². The van der Waals surface area contributed by atoms with Crippen molar-refractivity contribution in [1.29, 1.82) is 0 Å². The van der Waals surface area contributed by atoms with E-state index in [0.29, 0.717) is 17.4 Å². The van der Waals surface area contributed by atoms with E-state index in [1.807, 2.05) is 21.1 Å². The maximum Gasteiger partial charge on any atom is 0.306 e. The van der Waals surface area contributed by atoms with Gasteiger partial charge in [-0.1, -0.05) is 296 Å². The highest BCUT2D eigenvalue weighted by molar-refractivity contribution is 7.45. The Morgan fingerprint density at radius 3 is 1.01 bits per heavy atom. The summed E-state index contributed by atoms with van der Waals surface area (Å²) in [5, 5.41) is 0. The third-order valence-electron chi connectivity index (χ3n) is 14.8. The zero-order valence-electron chi connectivity index (χ0n) is 50.1. The highest BCUT2D eigenvalue weighted by Crippen LogP contribution is 2.38. The minimum absolute atomic E-state index is 0.0289. The zero-order valence-corrected chi connectivity index (χ0v) is 51.0. The summed E-state index contributed by atoms with van der Waals surface area (Å²) < 4.78 is 34.1. The third kappa shape index (κ3) is 60.0. The van der Waals surface area contributed by atoms with Gasteiger partial charge in [0.25, 0.3) is 7.82 Å². The van der Waals surface area contributed by atoms with Gasteiger partial charge in [-0.25, -0.2) is 0 Å². The molecule has 0 saturated heterocycles. The first kappa shape index (κ1) is 72.8. The first-order valence-corrected chi connectivity index (χ1v) is 33.9. The van der Waals surface area contributed by atoms with Gasteiger partial charge in [0, 0.05) is 12.8 Å². The van der Waals surface area contributed by atoms with E-state index in [9.17, 15) is 19.0 Å². The van der Waals surface area contributed by atoms with Gasteiger partial charge in [0.05, 0.1) is 27.7 Å². The fourth-order valence-electron chi connectivity index (χ4n) is 9.77. The molecular formula is C64H126NO8P. The Kier molecular flexibility index (Phi) is 55.5. The first-order chi connectivity index (χ1) is 36.0. The fraction of sp³-hybridized carbons (Fsp3) is 0.938. The lowest BCUT2D eigenvalue weighted by Gasteiger charge is -2.28. The number of esters is 2. The average Bonchev–Trinajstić information content (AvgIpc) is 3.36. The highest BCUT2D eigenvalue weighted by atomic mass is 31.2. The molecule has 74 heavy (non-hydrogen) atoms. The summed E-state index contributed by atoms with van der Waals surface area (Å²) in [5.74, 6) is -0.826. The van der Waals surface area contributed by atoms with Crippen LogP contribution in [0.15, 0.2) is 12.2 Å². The highest BCUT2D eigenvalue weighted by Gasteiger charge is 2.22. The van der Waals surface area contributed by atoms with Gasteiger partial charge in [-0.3, -0.25) is 14.2 Å². The summed E-state index contributed by atoms with van der Waals surface area (Å²) >= 11 is 0. The van der Waals surface area contributed by atoms with Crippen molar-refractivity contribution in [2.24, 2.45) is 0 Å². The van der Waals surface area contributed by atoms with Crippen LogP contribution in [-0.4, -0.2) is 70.0 Å². The molecule has 0 aliphatic carbocycles. The lowest BCUT2D eigenvalue weighted by Crippen LogP contribution is -2.37. The van der Waals surface area contributed by atoms with Crippen molar-refractivity contribution in [1.82, 2.24) is 0 Å². The van der Waals surface area contributed by atoms with Crippen LogP contribution in [-0.2, 0) is 32.7 Å². The van der Waals surface area contributed by atoms with E-state index in [1.165, 1.54) is 250 Å². The Morgan fingerprint density at radius 1 is 0.405 bits per heavy atom. The van der Waals surface area contributed by atoms with Crippen molar-refractivity contribution in [2.45, 2.75) is 341 Å². The molecule has 0 saturated carbocycles. The van der Waals surface area contributed by atoms with Crippen LogP contribution in [0.2, 0.25) is 0 Å². The van der Waals surface area contributed by atoms with Crippen molar-refractivity contribution in [3.05, 3.63) is 12.2 Å². The van der Waals surface area contributed by atoms with Crippen LogP contribution in [0.1, 0.15) is 335 Å². The molecule has 2 unspecified atom stereocenters. The fourth-order valence-corrected chi connectivity index (χ4v) is 10.5. The quantitative estimate of drug-likeness (QED) is 0.0195. The predicted molar refractivity (Wildman–Crippen MR) is 315 cm³/mol. The van der Waals surface area contributed by atoms with Gasteiger partial charge in [0.15, 0.2) is 6.10 Å². The molecule has 10 heteroatoms. The normalized spacial score (nSPS) is 13.2. The molecular weight excluding hydrogens is 942 g/mol. The number of likely N-dealkylation sites (N-methyl/N-ethyl adjacent to an activating group) is 1. The molecule has 0 fully saturated rings. The van der Waals surface area contributed by atoms with Gasteiger partial charge in [-0.2, -0.15) is 0 Å². The summed E-state index contributed by atoms with van der Waals surface area (Å²) in [6, 6.07) is 0. The molecule has 0 aromatic rings. The number of hydrogen-bond donors (Lipinski definition) is 0. The van der Waals surface area contributed by atoms with Crippen molar-refractivity contribution >= 4 is 19.8 Å². The number of phosphoric ester groups is 1. The lowest BCUT2D eigenvalue weighted by molar-refractivity contribution is -0.870. The molecule has 0 radical (unpaired) electrons. The van der Waals surface area contributed by atoms with Crippen LogP contribution in [0.5, 0.6) is 0 Å². The molecule has 0 aromatic heterocycles. The van der Waals surface area contributed by atoms with Gasteiger partial charge in [-0.15, -0.1) is 0 Å². The van der Waals surface area contributed by atoms with Crippen LogP contribution in [0, 0.1) is 0 Å². The topological polar surface area (TPSA) is 111 Å². The Morgan fingerprint density at radius 2 is 0.689 bits per heavy atom. The van der Waals surface area contributed by atoms with Crippen LogP contribution in [0.25, 0.3) is 0 Å². The minimum atomic E-state index is -4.63. The molecule has 0 heterocycles. The summed E-state index contributed by atoms with van der Waals surface area (Å²) in [6.45, 7) is 4.26. The molecule has 440 valence electrons. The van der Waals surface area contributed by atoms with E-state index in [0.717, 1.165) is 51.4 Å². The molecule has 0 amide bonds. The Bertz CT molecular complexity index is 1260. The number of phosphoric acid groups is 1. The maximum absolute atomic E-state index is 12.7. The second kappa shape index (κ2) is 56.5.